The fourth-order valence-corrected chi connectivity index (χ4v) is 5.17. The molecule has 0 radical (unpaired) electrons. The molecule has 3 rings (SSSR count). The molecule has 2 aromatic rings. The van der Waals surface area contributed by atoms with Crippen LogP contribution in [0.3, 0.4) is 0 Å². The second-order valence-corrected chi connectivity index (χ2v) is 9.63. The molecule has 0 aliphatic carbocycles. The number of amides is 1. The summed E-state index contributed by atoms with van der Waals surface area (Å²) in [4.78, 5) is 14.4. The Labute approximate surface area is 219 Å². The van der Waals surface area contributed by atoms with Crippen LogP contribution in [-0.2, 0) is 41.1 Å². The standard InChI is InChI=1S/C21H28F3N5O3S.Na/c1-4-14-8-15(10-17(9-14)21(22,23)24)11-19(30)27-33(31,32)26-18-6-5-7-28(2)20(18)16-12-25-29(3)13-16;/h8-10,12-13,18,20,26H,4-7,11H2,1-3H3,(H,27,30);/q;+1/p-1. The van der Waals surface area contributed by atoms with Crippen LogP contribution in [0, 0.1) is 0 Å². The van der Waals surface area contributed by atoms with Crippen LogP contribution in [0.2, 0.25) is 0 Å². The number of likely N-dealkylation sites (tertiary alicyclic amines) is 1. The van der Waals surface area contributed by atoms with Gasteiger partial charge in [-0.25, -0.2) is 13.1 Å². The molecule has 2 heterocycles. The zero-order valence-corrected chi connectivity index (χ0v) is 22.4. The van der Waals surface area contributed by atoms with Gasteiger partial charge in [0.25, 0.3) is 0 Å². The van der Waals surface area contributed by atoms with Crippen LogP contribution in [0.4, 0.5) is 13.2 Å². The number of aryl methyl sites for hydroxylation is 2. The normalized spacial score (nSPS) is 19.5. The van der Waals surface area contributed by atoms with Gasteiger partial charge >= 0.3 is 35.7 Å². The third-order valence-electron chi connectivity index (χ3n) is 5.61. The van der Waals surface area contributed by atoms with Gasteiger partial charge in [-0.2, -0.15) is 18.3 Å². The molecule has 1 N–H and O–H groups in total. The summed E-state index contributed by atoms with van der Waals surface area (Å²) < 4.78 is 72.1. The number of carbonyl (C=O) groups excluding carboxylic acids is 1. The monoisotopic (exact) mass is 509 g/mol. The number of rotatable bonds is 7. The average Bonchev–Trinajstić information content (AvgIpc) is 3.11. The number of hydrogen-bond donors (Lipinski definition) is 1. The first-order valence-electron chi connectivity index (χ1n) is 10.5. The van der Waals surface area contributed by atoms with Gasteiger partial charge in [0.05, 0.1) is 23.7 Å². The molecular weight excluding hydrogens is 482 g/mol. The smallest absolute Gasteiger partial charge is 0.533 e. The predicted octanol–water partition coefficient (Wildman–Crippen LogP) is 0.118. The van der Waals surface area contributed by atoms with E-state index in [9.17, 15) is 26.4 Å². The molecular formula is C21H27F3N5NaO3S. The molecule has 1 amide bonds. The molecule has 1 aromatic heterocycles. The minimum atomic E-state index is -4.57. The van der Waals surface area contributed by atoms with E-state index in [1.54, 1.807) is 31.0 Å². The van der Waals surface area contributed by atoms with E-state index in [4.69, 9.17) is 0 Å². The second kappa shape index (κ2) is 11.5. The number of hydrogen-bond acceptors (Lipinski definition) is 5. The van der Waals surface area contributed by atoms with Crippen molar-refractivity contribution >= 4 is 16.1 Å². The van der Waals surface area contributed by atoms with Crippen molar-refractivity contribution in [3.05, 3.63) is 57.6 Å². The van der Waals surface area contributed by atoms with E-state index in [1.165, 1.54) is 6.07 Å². The van der Waals surface area contributed by atoms with E-state index < -0.39 is 40.3 Å². The van der Waals surface area contributed by atoms with E-state index in [1.807, 2.05) is 11.9 Å². The van der Waals surface area contributed by atoms with Crippen LogP contribution in [0.1, 0.15) is 48.1 Å². The molecule has 1 aliphatic heterocycles. The molecule has 13 heteroatoms. The summed E-state index contributed by atoms with van der Waals surface area (Å²) in [6, 6.07) is 2.50. The summed E-state index contributed by atoms with van der Waals surface area (Å²) in [5.74, 6) is -1.04. The molecule has 0 bridgehead atoms. The summed E-state index contributed by atoms with van der Waals surface area (Å²) in [6.45, 7) is 2.46. The van der Waals surface area contributed by atoms with Crippen LogP contribution in [0.25, 0.3) is 4.72 Å². The number of nitrogens with one attached hydrogen (secondary N) is 1. The quantitative estimate of drug-likeness (QED) is 0.535. The summed E-state index contributed by atoms with van der Waals surface area (Å²) in [6.07, 6.45) is -0.0215. The van der Waals surface area contributed by atoms with E-state index >= 15 is 0 Å². The van der Waals surface area contributed by atoms with Crippen molar-refractivity contribution in [3.63, 3.8) is 0 Å². The van der Waals surface area contributed by atoms with Gasteiger partial charge in [0.2, 0.25) is 0 Å². The van der Waals surface area contributed by atoms with Crippen LogP contribution >= 0.6 is 0 Å². The Bertz CT molecular complexity index is 1110. The van der Waals surface area contributed by atoms with Gasteiger partial charge in [0.15, 0.2) is 10.2 Å². The number of carbonyl (C=O) groups is 1. The van der Waals surface area contributed by atoms with Gasteiger partial charge in [-0.3, -0.25) is 9.58 Å². The Morgan fingerprint density at radius 2 is 1.91 bits per heavy atom. The van der Waals surface area contributed by atoms with Crippen LogP contribution < -0.4 is 34.3 Å². The van der Waals surface area contributed by atoms with Crippen LogP contribution in [0.5, 0.6) is 0 Å². The number of piperidine rings is 1. The second-order valence-electron chi connectivity index (χ2n) is 8.27. The maximum Gasteiger partial charge on any atom is 1.00 e. The predicted molar refractivity (Wildman–Crippen MR) is 117 cm³/mol. The van der Waals surface area contributed by atoms with Crippen molar-refractivity contribution in [1.29, 1.82) is 0 Å². The van der Waals surface area contributed by atoms with E-state index in [0.29, 0.717) is 18.4 Å². The Balaban J connectivity index is 0.00000408. The fraction of sp³-hybridized carbons (Fsp3) is 0.524. The fourth-order valence-electron chi connectivity index (χ4n) is 4.16. The Hall–Kier alpha value is -1.44. The average molecular weight is 510 g/mol. The van der Waals surface area contributed by atoms with Gasteiger partial charge in [-0.1, -0.05) is 13.0 Å². The van der Waals surface area contributed by atoms with Gasteiger partial charge in [-0.05, 0) is 56.1 Å². The zero-order chi connectivity index (χ0) is 24.4. The van der Waals surface area contributed by atoms with Gasteiger partial charge in [0.1, 0.15) is 0 Å². The minimum Gasteiger partial charge on any atom is -0.533 e. The molecule has 8 nitrogen and oxygen atoms in total. The van der Waals surface area contributed by atoms with Crippen LogP contribution in [-0.4, -0.2) is 48.6 Å². The van der Waals surface area contributed by atoms with E-state index in [2.05, 4.69) is 14.5 Å². The molecule has 0 spiro atoms. The van der Waals surface area contributed by atoms with Gasteiger partial charge in [0, 0.05) is 31.3 Å². The molecule has 2 atom stereocenters. The van der Waals surface area contributed by atoms with Crippen molar-refractivity contribution in [2.24, 2.45) is 7.05 Å². The Kier molecular flexibility index (Phi) is 9.76. The van der Waals surface area contributed by atoms with Crippen molar-refractivity contribution in [2.45, 2.75) is 50.9 Å². The van der Waals surface area contributed by atoms with Crippen LogP contribution in [0.15, 0.2) is 30.6 Å². The zero-order valence-electron chi connectivity index (χ0n) is 19.6. The number of likely N-dealkylation sites (N-methyl/N-ethyl adjacent to an activating group) is 1. The van der Waals surface area contributed by atoms with Crippen molar-refractivity contribution in [1.82, 2.24) is 19.4 Å². The molecule has 1 saturated heterocycles. The number of nitrogens with zero attached hydrogens (tertiary/aromatic N) is 4. The Morgan fingerprint density at radius 3 is 2.50 bits per heavy atom. The molecule has 182 valence electrons. The molecule has 34 heavy (non-hydrogen) atoms. The number of halogens is 3. The molecule has 0 saturated carbocycles. The molecule has 1 aliphatic rings. The topological polar surface area (TPSA) is 98.4 Å². The molecule has 2 unspecified atom stereocenters. The first kappa shape index (κ1) is 28.8. The van der Waals surface area contributed by atoms with Gasteiger partial charge < -0.3 is 9.52 Å². The summed E-state index contributed by atoms with van der Waals surface area (Å²) in [7, 11) is -0.727. The number of aromatic nitrogens is 2. The van der Waals surface area contributed by atoms with E-state index in [-0.39, 0.29) is 41.2 Å². The Morgan fingerprint density at radius 1 is 1.24 bits per heavy atom. The molecule has 1 fully saturated rings. The third-order valence-corrected chi connectivity index (χ3v) is 6.66. The van der Waals surface area contributed by atoms with Crippen molar-refractivity contribution in [3.8, 4) is 0 Å². The SMILES string of the molecule is CCc1cc(CC(=O)[N-]S(=O)(=O)NC2CCCN(C)C2c2cnn(C)c2)cc(C(F)(F)F)c1.[Na+]. The maximum absolute atomic E-state index is 13.1. The van der Waals surface area contributed by atoms with E-state index in [0.717, 1.165) is 30.7 Å². The first-order valence-corrected chi connectivity index (χ1v) is 12.0. The summed E-state index contributed by atoms with van der Waals surface area (Å²) in [5.41, 5.74) is 0.416. The number of alkyl halides is 3. The van der Waals surface area contributed by atoms with Gasteiger partial charge in [-0.15, -0.1) is 0 Å². The number of benzene rings is 1. The summed E-state index contributed by atoms with van der Waals surface area (Å²) in [5, 5.41) is 4.15. The molecule has 1 aromatic carbocycles. The minimum absolute atomic E-state index is 0. The first-order chi connectivity index (χ1) is 15.4. The largest absolute Gasteiger partial charge is 1.00 e. The van der Waals surface area contributed by atoms with Crippen molar-refractivity contribution in [2.75, 3.05) is 13.6 Å². The summed E-state index contributed by atoms with van der Waals surface area (Å²) >= 11 is 0. The van der Waals surface area contributed by atoms with Crippen molar-refractivity contribution < 1.29 is 55.9 Å². The third kappa shape index (κ3) is 7.53. The maximum atomic E-state index is 13.1.